The molecule has 0 fully saturated rings. The van der Waals surface area contributed by atoms with Crippen LogP contribution in [0, 0.1) is 0 Å². The van der Waals surface area contributed by atoms with Crippen LogP contribution in [0.5, 0.6) is 0 Å². The van der Waals surface area contributed by atoms with Gasteiger partial charge in [-0.25, -0.2) is 9.59 Å². The van der Waals surface area contributed by atoms with E-state index in [4.69, 9.17) is 32.7 Å². The Hall–Kier alpha value is -2.96. The van der Waals surface area contributed by atoms with E-state index in [1.54, 1.807) is 12.1 Å². The van der Waals surface area contributed by atoms with Crippen LogP contribution in [0.25, 0.3) is 21.8 Å². The number of aromatic nitrogens is 2. The zero-order valence-corrected chi connectivity index (χ0v) is 20.6. The summed E-state index contributed by atoms with van der Waals surface area (Å²) in [4.78, 5) is 32.2. The molecular formula is C27H24Cl2N2O4. The average Bonchev–Trinajstić information content (AvgIpc) is 3.40. The highest BCUT2D eigenvalue weighted by molar-refractivity contribution is 6.35. The summed E-state index contributed by atoms with van der Waals surface area (Å²) in [5, 5.41) is 2.71. The highest BCUT2D eigenvalue weighted by Gasteiger charge is 2.22. The third kappa shape index (κ3) is 3.99. The number of esters is 2. The van der Waals surface area contributed by atoms with Crippen molar-refractivity contribution in [2.75, 3.05) is 6.79 Å². The van der Waals surface area contributed by atoms with Gasteiger partial charge in [0.1, 0.15) is 0 Å². The number of carbonyl (C=O) groups excluding carboxylic acids is 2. The number of aryl methyl sites for hydroxylation is 4. The van der Waals surface area contributed by atoms with Gasteiger partial charge in [0.15, 0.2) is 0 Å². The fraction of sp³-hybridized carbons (Fsp3) is 0.333. The van der Waals surface area contributed by atoms with Gasteiger partial charge in [-0.05, 0) is 86.8 Å². The van der Waals surface area contributed by atoms with Crippen LogP contribution in [0.4, 0.5) is 0 Å². The van der Waals surface area contributed by atoms with Gasteiger partial charge in [0, 0.05) is 33.2 Å². The van der Waals surface area contributed by atoms with Crippen molar-refractivity contribution in [2.45, 2.75) is 51.4 Å². The summed E-state index contributed by atoms with van der Waals surface area (Å²) < 4.78 is 10.4. The van der Waals surface area contributed by atoms with Crippen LogP contribution in [0.15, 0.2) is 24.3 Å². The smallest absolute Gasteiger partial charge is 0.342 e. The number of hydrogen-bond acceptors (Lipinski definition) is 4. The van der Waals surface area contributed by atoms with Crippen LogP contribution >= 0.6 is 23.2 Å². The van der Waals surface area contributed by atoms with Crippen LogP contribution in [0.1, 0.15) is 68.9 Å². The van der Waals surface area contributed by atoms with Gasteiger partial charge >= 0.3 is 11.9 Å². The van der Waals surface area contributed by atoms with E-state index in [0.717, 1.165) is 73.2 Å². The first-order valence-electron chi connectivity index (χ1n) is 12.0. The lowest BCUT2D eigenvalue weighted by atomic mass is 9.95. The molecular weight excluding hydrogens is 487 g/mol. The van der Waals surface area contributed by atoms with Crippen LogP contribution in [-0.2, 0) is 35.2 Å². The van der Waals surface area contributed by atoms with E-state index >= 15 is 0 Å². The van der Waals surface area contributed by atoms with Gasteiger partial charge in [-0.1, -0.05) is 23.2 Å². The molecule has 0 radical (unpaired) electrons. The SMILES string of the molecule is O=C(OCOC(=O)c1cc2[nH]c3c(c2cc1Cl)CCCC3)c1cc2[nH]c3c(c2cc1Cl)CCCC3. The van der Waals surface area contributed by atoms with Crippen LogP contribution < -0.4 is 0 Å². The molecule has 2 heterocycles. The number of benzene rings is 2. The number of aromatic amines is 2. The molecule has 8 heteroatoms. The molecule has 2 aromatic heterocycles. The van der Waals surface area contributed by atoms with Gasteiger partial charge in [-0.3, -0.25) is 0 Å². The lowest BCUT2D eigenvalue weighted by Gasteiger charge is -2.11. The molecule has 4 aromatic rings. The quantitative estimate of drug-likeness (QED) is 0.236. The normalized spacial score (nSPS) is 15.1. The molecule has 2 aromatic carbocycles. The monoisotopic (exact) mass is 510 g/mol. The molecule has 6 nitrogen and oxygen atoms in total. The van der Waals surface area contributed by atoms with Crippen molar-refractivity contribution in [2.24, 2.45) is 0 Å². The van der Waals surface area contributed by atoms with E-state index in [1.807, 2.05) is 12.1 Å². The molecule has 2 N–H and O–H groups in total. The lowest BCUT2D eigenvalue weighted by Crippen LogP contribution is -2.14. The second-order valence-electron chi connectivity index (χ2n) is 9.32. The van der Waals surface area contributed by atoms with Crippen LogP contribution in [0.3, 0.4) is 0 Å². The van der Waals surface area contributed by atoms with Gasteiger partial charge in [0.05, 0.1) is 21.2 Å². The van der Waals surface area contributed by atoms with Crippen molar-refractivity contribution in [1.82, 2.24) is 9.97 Å². The fourth-order valence-corrected chi connectivity index (χ4v) is 5.95. The third-order valence-electron chi connectivity index (χ3n) is 7.19. The number of carbonyl (C=O) groups is 2. The average molecular weight is 511 g/mol. The number of ether oxygens (including phenoxy) is 2. The highest BCUT2D eigenvalue weighted by Crippen LogP contribution is 2.34. The van der Waals surface area contributed by atoms with E-state index in [0.29, 0.717) is 10.0 Å². The summed E-state index contributed by atoms with van der Waals surface area (Å²) in [5.74, 6) is -1.31. The maximum absolute atomic E-state index is 12.7. The molecule has 0 saturated carbocycles. The summed E-state index contributed by atoms with van der Waals surface area (Å²) in [6, 6.07) is 7.03. The number of fused-ring (bicyclic) bond motifs is 6. The Balaban J connectivity index is 1.16. The van der Waals surface area contributed by atoms with Crippen molar-refractivity contribution in [1.29, 1.82) is 0 Å². The van der Waals surface area contributed by atoms with Gasteiger partial charge in [-0.2, -0.15) is 0 Å². The van der Waals surface area contributed by atoms with E-state index < -0.39 is 18.7 Å². The molecule has 0 spiro atoms. The molecule has 0 saturated heterocycles. The second kappa shape index (κ2) is 8.92. The van der Waals surface area contributed by atoms with Gasteiger partial charge in [0.2, 0.25) is 6.79 Å². The minimum absolute atomic E-state index is 0.227. The van der Waals surface area contributed by atoms with Crippen molar-refractivity contribution in [3.05, 3.63) is 68.0 Å². The molecule has 0 bridgehead atoms. The predicted molar refractivity (Wildman–Crippen MR) is 136 cm³/mol. The maximum atomic E-state index is 12.7. The molecule has 0 amide bonds. The topological polar surface area (TPSA) is 84.2 Å². The number of rotatable bonds is 4. The Morgan fingerprint density at radius 1 is 0.686 bits per heavy atom. The van der Waals surface area contributed by atoms with Crippen molar-refractivity contribution < 1.29 is 19.1 Å². The second-order valence-corrected chi connectivity index (χ2v) is 10.1. The highest BCUT2D eigenvalue weighted by atomic mass is 35.5. The van der Waals surface area contributed by atoms with E-state index in [-0.39, 0.29) is 11.1 Å². The number of H-pyrrole nitrogens is 2. The Morgan fingerprint density at radius 2 is 1.11 bits per heavy atom. The van der Waals surface area contributed by atoms with E-state index in [1.165, 1.54) is 22.5 Å². The van der Waals surface area contributed by atoms with Gasteiger partial charge in [-0.15, -0.1) is 0 Å². The maximum Gasteiger partial charge on any atom is 0.342 e. The molecule has 0 atom stereocenters. The number of halogens is 2. The van der Waals surface area contributed by atoms with Gasteiger partial charge < -0.3 is 19.4 Å². The van der Waals surface area contributed by atoms with Crippen molar-refractivity contribution in [3.63, 3.8) is 0 Å². The predicted octanol–water partition coefficient (Wildman–Crippen LogP) is 6.68. The molecule has 0 aliphatic heterocycles. The fourth-order valence-electron chi connectivity index (χ4n) is 5.46. The number of hydrogen-bond donors (Lipinski definition) is 2. The molecule has 180 valence electrons. The molecule has 2 aliphatic carbocycles. The van der Waals surface area contributed by atoms with Crippen molar-refractivity contribution in [3.8, 4) is 0 Å². The molecule has 6 rings (SSSR count). The Labute approximate surface area is 211 Å². The standard InChI is InChI=1S/C27H24Cl2N2O4/c28-20-9-16-14-5-1-3-7-22(14)30-24(16)11-18(20)26(32)34-13-35-27(33)19-12-25-17(10-21(19)29)15-6-2-4-8-23(15)31-25/h9-12,30-31H,1-8,13H2. The summed E-state index contributed by atoms with van der Waals surface area (Å²) >= 11 is 12.8. The third-order valence-corrected chi connectivity index (χ3v) is 7.82. The van der Waals surface area contributed by atoms with E-state index in [9.17, 15) is 9.59 Å². The first-order valence-corrected chi connectivity index (χ1v) is 12.8. The van der Waals surface area contributed by atoms with Gasteiger partial charge in [0.25, 0.3) is 0 Å². The lowest BCUT2D eigenvalue weighted by molar-refractivity contribution is -0.0166. The summed E-state index contributed by atoms with van der Waals surface area (Å²) in [7, 11) is 0. The molecule has 2 aliphatic rings. The zero-order chi connectivity index (χ0) is 24.1. The largest absolute Gasteiger partial charge is 0.424 e. The molecule has 0 unspecified atom stereocenters. The van der Waals surface area contributed by atoms with Crippen molar-refractivity contribution >= 4 is 56.9 Å². The first-order chi connectivity index (χ1) is 17.0. The van der Waals surface area contributed by atoms with E-state index in [2.05, 4.69) is 9.97 Å². The minimum atomic E-state index is -0.657. The van der Waals surface area contributed by atoms with Crippen LogP contribution in [-0.4, -0.2) is 28.7 Å². The molecule has 35 heavy (non-hydrogen) atoms. The summed E-state index contributed by atoms with van der Waals surface area (Å²) in [5.41, 5.74) is 7.14. The summed E-state index contributed by atoms with van der Waals surface area (Å²) in [6.45, 7) is -0.539. The zero-order valence-electron chi connectivity index (χ0n) is 19.1. The first kappa shape index (κ1) is 22.5. The van der Waals surface area contributed by atoms with Crippen LogP contribution in [0.2, 0.25) is 10.0 Å². The minimum Gasteiger partial charge on any atom is -0.424 e. The Morgan fingerprint density at radius 3 is 1.57 bits per heavy atom. The Kier molecular flexibility index (Phi) is 5.73. The Bertz CT molecular complexity index is 1390. The summed E-state index contributed by atoms with van der Waals surface area (Å²) in [6.07, 6.45) is 8.60. The number of nitrogens with one attached hydrogen (secondary N) is 2.